The Bertz CT molecular complexity index is 156. The number of halogens is 3. The summed E-state index contributed by atoms with van der Waals surface area (Å²) in [4.78, 5) is 0. The van der Waals surface area contributed by atoms with Crippen molar-refractivity contribution < 1.29 is 14.9 Å². The summed E-state index contributed by atoms with van der Waals surface area (Å²) in [6.07, 6.45) is -0.763. The number of hydrogen-bond acceptors (Lipinski definition) is 3. The maximum atomic E-state index is 8.91. The summed E-state index contributed by atoms with van der Waals surface area (Å²) in [5.74, 6) is 0. The zero-order valence-electron chi connectivity index (χ0n) is 6.14. The summed E-state index contributed by atoms with van der Waals surface area (Å²) in [5, 5.41) is 17.4. The molecule has 6 heteroatoms. The van der Waals surface area contributed by atoms with Crippen LogP contribution in [-0.2, 0) is 4.74 Å². The number of aliphatic hydroxyl groups excluding tert-OH is 2. The molecule has 2 N–H and O–H groups in total. The van der Waals surface area contributed by atoms with E-state index in [4.69, 9.17) is 14.9 Å². The highest BCUT2D eigenvalue weighted by Gasteiger charge is 2.02. The Morgan fingerprint density at radius 2 is 1.92 bits per heavy atom. The van der Waals surface area contributed by atoms with Gasteiger partial charge < -0.3 is 14.9 Å². The summed E-state index contributed by atoms with van der Waals surface area (Å²) in [5.41, 5.74) is 0. The molecule has 0 aromatic rings. The molecule has 0 heterocycles. The van der Waals surface area contributed by atoms with Gasteiger partial charge >= 0.3 is 0 Å². The van der Waals surface area contributed by atoms with Crippen molar-refractivity contribution in [2.75, 3.05) is 19.8 Å². The van der Waals surface area contributed by atoms with Crippen molar-refractivity contribution in [1.82, 2.24) is 0 Å². The normalized spacial score (nSPS) is 12.8. The van der Waals surface area contributed by atoms with Crippen LogP contribution >= 0.6 is 67.8 Å². The number of ether oxygens (including phenoxy) is 1. The predicted octanol–water partition coefficient (Wildman–Crippen LogP) is 1.83. The van der Waals surface area contributed by atoms with Gasteiger partial charge in [-0.3, -0.25) is 0 Å². The lowest BCUT2D eigenvalue weighted by Crippen LogP contribution is -2.19. The molecule has 1 atom stereocenters. The largest absolute Gasteiger partial charge is 0.394 e. The zero-order valence-corrected chi connectivity index (χ0v) is 12.6. The van der Waals surface area contributed by atoms with E-state index in [0.29, 0.717) is 6.61 Å². The highest BCUT2D eigenvalue weighted by atomic mass is 127. The average Bonchev–Trinajstić information content (AvgIpc) is 2.03. The third-order valence-electron chi connectivity index (χ3n) is 0.955. The standard InChI is InChI=1S/C6H9I3O3/c7-5(6(8)9)3-12-2-4(11)1-10/h4,10-11H,1-3H2. The Hall–Kier alpha value is 1.81. The molecule has 0 radical (unpaired) electrons. The van der Waals surface area contributed by atoms with Crippen LogP contribution in [0.25, 0.3) is 0 Å². The first kappa shape index (κ1) is 13.8. The van der Waals surface area contributed by atoms with Crippen molar-refractivity contribution in [1.29, 1.82) is 0 Å². The van der Waals surface area contributed by atoms with Crippen LogP contribution in [0.1, 0.15) is 0 Å². The molecule has 0 rings (SSSR count). The van der Waals surface area contributed by atoms with Gasteiger partial charge in [0.25, 0.3) is 0 Å². The van der Waals surface area contributed by atoms with Gasteiger partial charge in [0.05, 0.1) is 21.4 Å². The molecule has 0 fully saturated rings. The highest BCUT2D eigenvalue weighted by molar-refractivity contribution is 14.2. The van der Waals surface area contributed by atoms with Gasteiger partial charge in [-0.05, 0) is 67.8 Å². The molecule has 0 saturated carbocycles. The third kappa shape index (κ3) is 7.24. The van der Waals surface area contributed by atoms with Crippen molar-refractivity contribution in [2.45, 2.75) is 6.10 Å². The maximum Gasteiger partial charge on any atom is 0.100 e. The van der Waals surface area contributed by atoms with Crippen molar-refractivity contribution in [3.05, 3.63) is 5.17 Å². The molecule has 0 bridgehead atoms. The van der Waals surface area contributed by atoms with E-state index in [2.05, 4.69) is 67.8 Å². The van der Waals surface area contributed by atoms with Gasteiger partial charge in [0, 0.05) is 3.58 Å². The van der Waals surface area contributed by atoms with Crippen LogP contribution < -0.4 is 0 Å². The van der Waals surface area contributed by atoms with E-state index in [9.17, 15) is 0 Å². The van der Waals surface area contributed by atoms with Crippen molar-refractivity contribution in [3.8, 4) is 0 Å². The van der Waals surface area contributed by atoms with Gasteiger partial charge in [0.15, 0.2) is 0 Å². The second-order valence-corrected chi connectivity index (χ2v) is 7.54. The fourth-order valence-corrected chi connectivity index (χ4v) is 0.923. The molecule has 0 saturated heterocycles. The van der Waals surface area contributed by atoms with Crippen LogP contribution in [-0.4, -0.2) is 36.1 Å². The molecule has 12 heavy (non-hydrogen) atoms. The minimum absolute atomic E-state index is 0.184. The fourth-order valence-electron chi connectivity index (χ4n) is 0.392. The second-order valence-electron chi connectivity index (χ2n) is 2.02. The fraction of sp³-hybridized carbons (Fsp3) is 0.667. The van der Waals surface area contributed by atoms with Crippen LogP contribution in [0.3, 0.4) is 0 Å². The Morgan fingerprint density at radius 3 is 2.33 bits per heavy atom. The van der Waals surface area contributed by atoms with Crippen LogP contribution in [0.4, 0.5) is 0 Å². The molecule has 0 aliphatic carbocycles. The van der Waals surface area contributed by atoms with E-state index < -0.39 is 6.10 Å². The molecule has 3 nitrogen and oxygen atoms in total. The van der Waals surface area contributed by atoms with Gasteiger partial charge in [-0.15, -0.1) is 0 Å². The summed E-state index contributed by atoms with van der Waals surface area (Å²) in [7, 11) is 0. The number of hydrogen-bond donors (Lipinski definition) is 2. The van der Waals surface area contributed by atoms with Gasteiger partial charge in [0.2, 0.25) is 0 Å². The Morgan fingerprint density at radius 1 is 1.33 bits per heavy atom. The van der Waals surface area contributed by atoms with E-state index in [1.807, 2.05) is 0 Å². The molecule has 0 aromatic carbocycles. The molecule has 0 spiro atoms. The van der Waals surface area contributed by atoms with E-state index in [1.54, 1.807) is 0 Å². The first-order chi connectivity index (χ1) is 5.57. The van der Waals surface area contributed by atoms with Crippen LogP contribution in [0, 0.1) is 0 Å². The topological polar surface area (TPSA) is 49.7 Å². The SMILES string of the molecule is OCC(O)COCC(I)=C(I)I. The summed E-state index contributed by atoms with van der Waals surface area (Å²) in [6, 6.07) is 0. The summed E-state index contributed by atoms with van der Waals surface area (Å²) >= 11 is 6.59. The monoisotopic (exact) mass is 510 g/mol. The van der Waals surface area contributed by atoms with Crippen LogP contribution in [0.15, 0.2) is 5.17 Å². The number of rotatable bonds is 5. The van der Waals surface area contributed by atoms with Gasteiger partial charge in [-0.1, -0.05) is 0 Å². The van der Waals surface area contributed by atoms with Gasteiger partial charge in [-0.25, -0.2) is 0 Å². The molecule has 0 aliphatic heterocycles. The lowest BCUT2D eigenvalue weighted by Gasteiger charge is -2.07. The van der Waals surface area contributed by atoms with E-state index >= 15 is 0 Å². The van der Waals surface area contributed by atoms with E-state index in [1.165, 1.54) is 0 Å². The third-order valence-corrected chi connectivity index (χ3v) is 5.17. The first-order valence-electron chi connectivity index (χ1n) is 3.14. The van der Waals surface area contributed by atoms with Crippen molar-refractivity contribution in [2.24, 2.45) is 0 Å². The lowest BCUT2D eigenvalue weighted by molar-refractivity contribution is 0.0147. The lowest BCUT2D eigenvalue weighted by atomic mass is 10.4. The molecular formula is C6H9I3O3. The predicted molar refractivity (Wildman–Crippen MR) is 73.0 cm³/mol. The smallest absolute Gasteiger partial charge is 0.100 e. The highest BCUT2D eigenvalue weighted by Crippen LogP contribution is 2.25. The zero-order chi connectivity index (χ0) is 9.56. The Kier molecular flexibility index (Phi) is 9.37. The molecule has 0 aliphatic rings. The van der Waals surface area contributed by atoms with Crippen molar-refractivity contribution in [3.63, 3.8) is 0 Å². The van der Waals surface area contributed by atoms with Crippen molar-refractivity contribution >= 4 is 67.8 Å². The number of aliphatic hydroxyl groups is 2. The van der Waals surface area contributed by atoms with Crippen LogP contribution in [0.5, 0.6) is 0 Å². The van der Waals surface area contributed by atoms with Gasteiger partial charge in [0.1, 0.15) is 6.10 Å². The molecule has 72 valence electrons. The molecule has 0 aromatic heterocycles. The Balaban J connectivity index is 3.51. The molecule has 0 amide bonds. The van der Waals surface area contributed by atoms with Crippen LogP contribution in [0.2, 0.25) is 0 Å². The van der Waals surface area contributed by atoms with Gasteiger partial charge in [-0.2, -0.15) is 0 Å². The summed E-state index contributed by atoms with van der Waals surface area (Å²) < 4.78 is 7.39. The maximum absolute atomic E-state index is 8.91. The first-order valence-corrected chi connectivity index (χ1v) is 6.38. The minimum atomic E-state index is -0.763. The average molecular weight is 510 g/mol. The Labute approximate surface area is 112 Å². The van der Waals surface area contributed by atoms with E-state index in [0.717, 1.165) is 5.17 Å². The molecule has 1 unspecified atom stereocenters. The quantitative estimate of drug-likeness (QED) is 0.556. The molecular weight excluding hydrogens is 501 g/mol. The second kappa shape index (κ2) is 8.15. The van der Waals surface area contributed by atoms with E-state index in [-0.39, 0.29) is 13.2 Å². The minimum Gasteiger partial charge on any atom is -0.394 e. The summed E-state index contributed by atoms with van der Waals surface area (Å²) in [6.45, 7) is 0.435.